The fourth-order valence-electron chi connectivity index (χ4n) is 3.64. The van der Waals surface area contributed by atoms with Crippen LogP contribution < -0.4 is 0 Å². The van der Waals surface area contributed by atoms with Crippen LogP contribution in [0.1, 0.15) is 91.5 Å². The highest BCUT2D eigenvalue weighted by Crippen LogP contribution is 2.36. The third-order valence-electron chi connectivity index (χ3n) is 6.47. The number of aromatic hydroxyl groups is 1. The van der Waals surface area contributed by atoms with Gasteiger partial charge < -0.3 is 14.4 Å². The Hall–Kier alpha value is -1.26. The van der Waals surface area contributed by atoms with Gasteiger partial charge in [0.25, 0.3) is 0 Å². The first-order chi connectivity index (χ1) is 13.7. The Kier molecular flexibility index (Phi) is 9.29. The summed E-state index contributed by atoms with van der Waals surface area (Å²) in [4.78, 5) is 0. The number of benzene rings is 1. The van der Waals surface area contributed by atoms with Crippen molar-refractivity contribution in [3.63, 3.8) is 0 Å². The molecule has 162 valence electrons. The van der Waals surface area contributed by atoms with Gasteiger partial charge in [-0.2, -0.15) is 0 Å². The normalized spacial score (nSPS) is 21.6. The molecule has 2 aliphatic rings. The van der Waals surface area contributed by atoms with E-state index in [-0.39, 0.29) is 18.3 Å². The molecule has 0 bridgehead atoms. The highest BCUT2D eigenvalue weighted by Gasteiger charge is 2.49. The molecule has 29 heavy (non-hydrogen) atoms. The average Bonchev–Trinajstić information content (AvgIpc) is 2.89. The molecule has 1 aromatic rings. The van der Waals surface area contributed by atoms with E-state index in [4.69, 9.17) is 9.31 Å². The van der Waals surface area contributed by atoms with E-state index in [9.17, 15) is 5.11 Å². The molecule has 3 rings (SSSR count). The van der Waals surface area contributed by atoms with Crippen LogP contribution in [-0.2, 0) is 15.7 Å². The van der Waals surface area contributed by atoms with Crippen molar-refractivity contribution in [2.75, 3.05) is 0 Å². The van der Waals surface area contributed by atoms with Crippen molar-refractivity contribution in [1.29, 1.82) is 0 Å². The van der Waals surface area contributed by atoms with Gasteiger partial charge in [-0.1, -0.05) is 69.6 Å². The number of phenolic OH excluding ortho intramolecular Hbond substituents is 1. The number of phenols is 1. The minimum absolute atomic E-state index is 0.246. The van der Waals surface area contributed by atoms with Crippen LogP contribution in [0.3, 0.4) is 0 Å². The topological polar surface area (TPSA) is 38.7 Å². The van der Waals surface area contributed by atoms with Crippen molar-refractivity contribution in [3.05, 3.63) is 41.9 Å². The summed E-state index contributed by atoms with van der Waals surface area (Å²) in [5.41, 5.74) is 0.725. The van der Waals surface area contributed by atoms with Crippen LogP contribution in [-0.4, -0.2) is 23.4 Å². The molecule has 2 fully saturated rings. The first-order valence-corrected chi connectivity index (χ1v) is 11.5. The largest absolute Gasteiger partial charge is 0.508 e. The van der Waals surface area contributed by atoms with Crippen molar-refractivity contribution < 1.29 is 14.4 Å². The van der Waals surface area contributed by atoms with Crippen LogP contribution in [0.2, 0.25) is 0 Å². The number of allylic oxidation sites excluding steroid dienone is 1. The van der Waals surface area contributed by atoms with Crippen molar-refractivity contribution >= 4 is 7.12 Å². The van der Waals surface area contributed by atoms with Gasteiger partial charge in [0.05, 0.1) is 11.2 Å². The lowest BCUT2D eigenvalue weighted by molar-refractivity contribution is 0.00578. The minimum atomic E-state index is -0.271. The molecule has 1 saturated carbocycles. The fraction of sp³-hybridized carbons (Fsp3) is 0.680. The summed E-state index contributed by atoms with van der Waals surface area (Å²) in [6.07, 6.45) is 14.3. The zero-order valence-corrected chi connectivity index (χ0v) is 19.2. The molecule has 4 heteroatoms. The Morgan fingerprint density at radius 2 is 1.41 bits per heavy atom. The third-order valence-corrected chi connectivity index (χ3v) is 6.47. The Bertz CT molecular complexity index is 590. The molecule has 1 aliphatic heterocycles. The first kappa shape index (κ1) is 24.0. The van der Waals surface area contributed by atoms with Crippen molar-refractivity contribution in [1.82, 2.24) is 0 Å². The summed E-state index contributed by atoms with van der Waals surface area (Å²) in [6.45, 7) is 10.5. The molecular weight excluding hydrogens is 359 g/mol. The second kappa shape index (κ2) is 11.2. The van der Waals surface area contributed by atoms with E-state index < -0.39 is 0 Å². The quantitative estimate of drug-likeness (QED) is 0.529. The lowest BCUT2D eigenvalue weighted by Gasteiger charge is -2.32. The van der Waals surface area contributed by atoms with E-state index in [1.165, 1.54) is 44.1 Å². The summed E-state index contributed by atoms with van der Waals surface area (Å²) >= 11 is 0. The Labute approximate surface area is 179 Å². The zero-order valence-electron chi connectivity index (χ0n) is 19.2. The molecule has 0 spiro atoms. The van der Waals surface area contributed by atoms with E-state index >= 15 is 0 Å². The van der Waals surface area contributed by atoms with Gasteiger partial charge >= 0.3 is 7.12 Å². The SMILES string of the molecule is C1CCCCC1.CC(C/C=C/B1OC(C)(C)C(C)(C)O1)CCc1ccc(O)cc1. The fourth-order valence-corrected chi connectivity index (χ4v) is 3.64. The average molecular weight is 400 g/mol. The highest BCUT2D eigenvalue weighted by molar-refractivity contribution is 6.51. The van der Waals surface area contributed by atoms with Gasteiger partial charge in [-0.15, -0.1) is 0 Å². The summed E-state index contributed by atoms with van der Waals surface area (Å²) in [5.74, 6) is 2.96. The van der Waals surface area contributed by atoms with Crippen LogP contribution in [0.5, 0.6) is 5.75 Å². The second-order valence-electron chi connectivity index (χ2n) is 9.72. The first-order valence-electron chi connectivity index (χ1n) is 11.5. The number of aryl methyl sites for hydroxylation is 1. The van der Waals surface area contributed by atoms with Crippen LogP contribution in [0, 0.1) is 5.92 Å². The number of hydrogen-bond donors (Lipinski definition) is 1. The Morgan fingerprint density at radius 1 is 0.931 bits per heavy atom. The van der Waals surface area contributed by atoms with Crippen LogP contribution in [0.4, 0.5) is 0 Å². The summed E-state index contributed by atoms with van der Waals surface area (Å²) in [7, 11) is -0.246. The molecule has 1 aromatic carbocycles. The molecule has 1 N–H and O–H groups in total. The molecule has 0 amide bonds. The number of rotatable bonds is 6. The van der Waals surface area contributed by atoms with E-state index in [1.807, 2.05) is 18.1 Å². The summed E-state index contributed by atoms with van der Waals surface area (Å²) < 4.78 is 11.9. The summed E-state index contributed by atoms with van der Waals surface area (Å²) in [6, 6.07) is 7.47. The van der Waals surface area contributed by atoms with E-state index in [2.05, 4.69) is 40.7 Å². The molecular formula is C25H41BO3. The monoisotopic (exact) mass is 400 g/mol. The van der Waals surface area contributed by atoms with E-state index in [1.54, 1.807) is 12.1 Å². The second-order valence-corrected chi connectivity index (χ2v) is 9.72. The molecule has 3 nitrogen and oxygen atoms in total. The van der Waals surface area contributed by atoms with Crippen molar-refractivity contribution in [2.45, 2.75) is 104 Å². The maximum absolute atomic E-state index is 9.29. The molecule has 1 saturated heterocycles. The van der Waals surface area contributed by atoms with Gasteiger partial charge in [0.1, 0.15) is 5.75 Å². The van der Waals surface area contributed by atoms with Crippen LogP contribution in [0.25, 0.3) is 0 Å². The molecule has 1 aliphatic carbocycles. The smallest absolute Gasteiger partial charge is 0.486 e. The lowest BCUT2D eigenvalue weighted by Crippen LogP contribution is -2.41. The predicted octanol–water partition coefficient (Wildman–Crippen LogP) is 6.88. The van der Waals surface area contributed by atoms with E-state index in [0.717, 1.165) is 19.3 Å². The van der Waals surface area contributed by atoms with Crippen LogP contribution >= 0.6 is 0 Å². The maximum Gasteiger partial charge on any atom is 0.486 e. The van der Waals surface area contributed by atoms with Gasteiger partial charge in [0.15, 0.2) is 0 Å². The van der Waals surface area contributed by atoms with Crippen LogP contribution in [0.15, 0.2) is 36.3 Å². The molecule has 0 radical (unpaired) electrons. The molecule has 0 aromatic heterocycles. The lowest BCUT2D eigenvalue weighted by atomic mass is 9.88. The third kappa shape index (κ3) is 8.18. The van der Waals surface area contributed by atoms with Gasteiger partial charge in [-0.3, -0.25) is 0 Å². The minimum Gasteiger partial charge on any atom is -0.508 e. The van der Waals surface area contributed by atoms with Gasteiger partial charge in [0.2, 0.25) is 0 Å². The molecule has 1 heterocycles. The Balaban J connectivity index is 0.000000426. The van der Waals surface area contributed by atoms with Crippen molar-refractivity contribution in [2.24, 2.45) is 5.92 Å². The predicted molar refractivity (Wildman–Crippen MR) is 123 cm³/mol. The van der Waals surface area contributed by atoms with Gasteiger partial charge in [-0.25, -0.2) is 0 Å². The number of hydrogen-bond acceptors (Lipinski definition) is 3. The van der Waals surface area contributed by atoms with Crippen molar-refractivity contribution in [3.8, 4) is 5.75 Å². The van der Waals surface area contributed by atoms with E-state index in [0.29, 0.717) is 11.7 Å². The maximum atomic E-state index is 9.29. The van der Waals surface area contributed by atoms with Gasteiger partial charge in [-0.05, 0) is 70.6 Å². The highest BCUT2D eigenvalue weighted by atomic mass is 16.7. The zero-order chi connectivity index (χ0) is 21.3. The Morgan fingerprint density at radius 3 is 1.90 bits per heavy atom. The molecule has 1 atom stereocenters. The summed E-state index contributed by atoms with van der Waals surface area (Å²) in [5, 5.41) is 9.29. The standard InChI is InChI=1S/C19H29BO3.C6H12/c1-15(8-9-16-10-12-17(21)13-11-16)7-6-14-20-22-18(2,3)19(4,5)23-20;1-2-4-6-5-3-1/h6,10-15,21H,7-9H2,1-5H3;1-6H2/b14-6+;. The molecule has 1 unspecified atom stereocenters. The van der Waals surface area contributed by atoms with Gasteiger partial charge in [0, 0.05) is 0 Å².